The molecule has 2 N–H and O–H groups in total. The highest BCUT2D eigenvalue weighted by atomic mass is 35.5. The first-order valence-corrected chi connectivity index (χ1v) is 9.41. The third-order valence-electron chi connectivity index (χ3n) is 3.65. The minimum absolute atomic E-state index is 0.00940. The van der Waals surface area contributed by atoms with Crippen LogP contribution in [-0.4, -0.2) is 25.1 Å². The zero-order valence-electron chi connectivity index (χ0n) is 15.0. The monoisotopic (exact) mass is 394 g/mol. The Kier molecular flexibility index (Phi) is 8.07. The third kappa shape index (κ3) is 6.77. The molecule has 1 amide bonds. The first kappa shape index (κ1) is 20.4. The van der Waals surface area contributed by atoms with Crippen molar-refractivity contribution < 1.29 is 9.53 Å². The normalized spacial score (nSPS) is 10.7. The maximum absolute atomic E-state index is 12.0. The summed E-state index contributed by atoms with van der Waals surface area (Å²) in [6.45, 7) is 5.04. The van der Waals surface area contributed by atoms with Gasteiger partial charge in [0.05, 0.1) is 11.8 Å². The Labute approximate surface area is 164 Å². The Bertz CT molecular complexity index is 736. The van der Waals surface area contributed by atoms with E-state index >= 15 is 0 Å². The van der Waals surface area contributed by atoms with Crippen molar-refractivity contribution in [2.75, 3.05) is 18.4 Å². The van der Waals surface area contributed by atoms with E-state index in [1.807, 2.05) is 44.2 Å². The van der Waals surface area contributed by atoms with Crippen LogP contribution < -0.4 is 15.4 Å². The summed E-state index contributed by atoms with van der Waals surface area (Å²) in [5, 5.41) is 7.38. The van der Waals surface area contributed by atoms with Gasteiger partial charge in [0.1, 0.15) is 5.75 Å². The molecule has 0 atom stereocenters. The molecule has 0 heterocycles. The van der Waals surface area contributed by atoms with Gasteiger partial charge in [-0.15, -0.1) is 0 Å². The largest absolute Gasteiger partial charge is 0.489 e. The number of ether oxygens (including phenoxy) is 1. The quantitative estimate of drug-likeness (QED) is 0.632. The molecule has 0 aliphatic heterocycles. The zero-order valence-corrected chi connectivity index (χ0v) is 16.5. The summed E-state index contributed by atoms with van der Waals surface area (Å²) in [7, 11) is 0. The first-order chi connectivity index (χ1) is 12.5. The van der Waals surface area contributed by atoms with E-state index < -0.39 is 0 Å². The third-order valence-corrected chi connectivity index (χ3v) is 4.24. The van der Waals surface area contributed by atoms with Gasteiger partial charge in [-0.1, -0.05) is 41.4 Å². The number of para-hydroxylation sites is 2. The number of anilines is 1. The van der Waals surface area contributed by atoms with Gasteiger partial charge < -0.3 is 15.4 Å². The molecular formula is C20H24Cl2N2O2. The smallest absolute Gasteiger partial charge is 0.221 e. The van der Waals surface area contributed by atoms with Crippen LogP contribution in [0.25, 0.3) is 0 Å². The van der Waals surface area contributed by atoms with E-state index in [9.17, 15) is 4.79 Å². The highest BCUT2D eigenvalue weighted by Gasteiger charge is 2.07. The van der Waals surface area contributed by atoms with Crippen molar-refractivity contribution in [2.24, 2.45) is 0 Å². The highest BCUT2D eigenvalue weighted by molar-refractivity contribution is 6.35. The van der Waals surface area contributed by atoms with Crippen LogP contribution in [0, 0.1) is 0 Å². The van der Waals surface area contributed by atoms with Gasteiger partial charge >= 0.3 is 0 Å². The molecule has 0 aromatic heterocycles. The van der Waals surface area contributed by atoms with Crippen LogP contribution in [-0.2, 0) is 11.2 Å². The van der Waals surface area contributed by atoms with E-state index in [2.05, 4.69) is 10.6 Å². The van der Waals surface area contributed by atoms with E-state index in [-0.39, 0.29) is 12.0 Å². The predicted molar refractivity (Wildman–Crippen MR) is 108 cm³/mol. The van der Waals surface area contributed by atoms with Gasteiger partial charge in [0.25, 0.3) is 0 Å². The summed E-state index contributed by atoms with van der Waals surface area (Å²) in [6, 6.07) is 13.1. The highest BCUT2D eigenvalue weighted by Crippen LogP contribution is 2.24. The summed E-state index contributed by atoms with van der Waals surface area (Å²) >= 11 is 12.0. The lowest BCUT2D eigenvalue weighted by molar-refractivity contribution is -0.120. The fraction of sp³-hybridized carbons (Fsp3) is 0.350. The number of rotatable bonds is 9. The van der Waals surface area contributed by atoms with Crippen molar-refractivity contribution in [3.05, 3.63) is 58.1 Å². The molecule has 0 radical (unpaired) electrons. The summed E-state index contributed by atoms with van der Waals surface area (Å²) in [4.78, 5) is 12.0. The summed E-state index contributed by atoms with van der Waals surface area (Å²) in [6.07, 6.45) is 1.14. The molecule has 0 aliphatic rings. The van der Waals surface area contributed by atoms with Crippen molar-refractivity contribution >= 4 is 34.8 Å². The molecule has 26 heavy (non-hydrogen) atoms. The van der Waals surface area contributed by atoms with Crippen LogP contribution in [0.15, 0.2) is 42.5 Å². The minimum atomic E-state index is -0.00940. The number of carbonyl (C=O) groups excluding carboxylic acids is 1. The maximum atomic E-state index is 12.0. The molecule has 0 spiro atoms. The van der Waals surface area contributed by atoms with Crippen LogP contribution >= 0.6 is 23.2 Å². The molecular weight excluding hydrogens is 371 g/mol. The molecule has 0 unspecified atom stereocenters. The number of carbonyl (C=O) groups is 1. The fourth-order valence-corrected chi connectivity index (χ4v) is 2.93. The Morgan fingerprint density at radius 2 is 1.88 bits per heavy atom. The standard InChI is InChI=1S/C20H24Cl2N2O2/c1-14(2)26-19-6-4-3-5-18(19)23-12-10-20(25)24-11-9-15-7-8-16(21)13-17(15)22/h3-8,13-14,23H,9-12H2,1-2H3,(H,24,25). The van der Waals surface area contributed by atoms with Crippen molar-refractivity contribution in [2.45, 2.75) is 32.8 Å². The summed E-state index contributed by atoms with van der Waals surface area (Å²) in [5.41, 5.74) is 1.86. The van der Waals surface area contributed by atoms with E-state index in [1.54, 1.807) is 12.1 Å². The van der Waals surface area contributed by atoms with E-state index in [4.69, 9.17) is 27.9 Å². The predicted octanol–water partition coefficient (Wildman–Crippen LogP) is 4.94. The van der Waals surface area contributed by atoms with Crippen LogP contribution in [0.3, 0.4) is 0 Å². The number of benzene rings is 2. The van der Waals surface area contributed by atoms with Gasteiger partial charge in [-0.2, -0.15) is 0 Å². The molecule has 0 saturated carbocycles. The average molecular weight is 395 g/mol. The number of amides is 1. The summed E-state index contributed by atoms with van der Waals surface area (Å²) in [5.74, 6) is 0.783. The number of nitrogens with one attached hydrogen (secondary N) is 2. The van der Waals surface area contributed by atoms with Crippen molar-refractivity contribution in [3.63, 3.8) is 0 Å². The minimum Gasteiger partial charge on any atom is -0.489 e. The van der Waals surface area contributed by atoms with Crippen molar-refractivity contribution in [1.29, 1.82) is 0 Å². The summed E-state index contributed by atoms with van der Waals surface area (Å²) < 4.78 is 5.75. The van der Waals surface area contributed by atoms with Crippen LogP contribution in [0.4, 0.5) is 5.69 Å². The second-order valence-electron chi connectivity index (χ2n) is 6.18. The lowest BCUT2D eigenvalue weighted by atomic mass is 10.1. The van der Waals surface area contributed by atoms with Crippen LogP contribution in [0.5, 0.6) is 5.75 Å². The van der Waals surface area contributed by atoms with Gasteiger partial charge in [0.2, 0.25) is 5.91 Å². The van der Waals surface area contributed by atoms with E-state index in [1.165, 1.54) is 0 Å². The molecule has 4 nitrogen and oxygen atoms in total. The Morgan fingerprint density at radius 1 is 1.12 bits per heavy atom. The molecule has 0 bridgehead atoms. The Hall–Kier alpha value is -1.91. The van der Waals surface area contributed by atoms with Gasteiger partial charge in [-0.05, 0) is 50.1 Å². The molecule has 2 aromatic carbocycles. The Morgan fingerprint density at radius 3 is 2.62 bits per heavy atom. The number of halogens is 2. The molecule has 2 aromatic rings. The lowest BCUT2D eigenvalue weighted by Crippen LogP contribution is -2.27. The molecule has 2 rings (SSSR count). The van der Waals surface area contributed by atoms with Gasteiger partial charge in [0.15, 0.2) is 0 Å². The zero-order chi connectivity index (χ0) is 18.9. The molecule has 140 valence electrons. The second-order valence-corrected chi connectivity index (χ2v) is 7.02. The molecule has 0 saturated heterocycles. The van der Waals surface area contributed by atoms with Crippen LogP contribution in [0.1, 0.15) is 25.8 Å². The van der Waals surface area contributed by atoms with Gasteiger partial charge in [-0.3, -0.25) is 4.79 Å². The fourth-order valence-electron chi connectivity index (χ4n) is 2.43. The average Bonchev–Trinajstić information content (AvgIpc) is 2.58. The van der Waals surface area contributed by atoms with Crippen molar-refractivity contribution in [1.82, 2.24) is 5.32 Å². The van der Waals surface area contributed by atoms with Gasteiger partial charge in [0, 0.05) is 29.6 Å². The topological polar surface area (TPSA) is 50.4 Å². The molecule has 0 aliphatic carbocycles. The number of hydrogen-bond acceptors (Lipinski definition) is 3. The second kappa shape index (κ2) is 10.3. The Balaban J connectivity index is 1.72. The van der Waals surface area contributed by atoms with Gasteiger partial charge in [-0.25, -0.2) is 0 Å². The van der Waals surface area contributed by atoms with E-state index in [0.717, 1.165) is 17.0 Å². The number of hydrogen-bond donors (Lipinski definition) is 2. The SMILES string of the molecule is CC(C)Oc1ccccc1NCCC(=O)NCCc1ccc(Cl)cc1Cl. The van der Waals surface area contributed by atoms with Crippen molar-refractivity contribution in [3.8, 4) is 5.75 Å². The first-order valence-electron chi connectivity index (χ1n) is 8.66. The lowest BCUT2D eigenvalue weighted by Gasteiger charge is -2.15. The van der Waals surface area contributed by atoms with Crippen LogP contribution in [0.2, 0.25) is 10.0 Å². The maximum Gasteiger partial charge on any atom is 0.221 e. The van der Waals surface area contributed by atoms with E-state index in [0.29, 0.717) is 36.0 Å². The molecule has 0 fully saturated rings. The molecule has 6 heteroatoms.